The molecular weight excluding hydrogens is 467 g/mol. The van der Waals surface area contributed by atoms with Crippen LogP contribution in [0.2, 0.25) is 5.02 Å². The van der Waals surface area contributed by atoms with E-state index in [1.807, 2.05) is 18.2 Å². The van der Waals surface area contributed by atoms with Crippen molar-refractivity contribution in [3.8, 4) is 0 Å². The van der Waals surface area contributed by atoms with E-state index >= 15 is 0 Å². The molecule has 8 heteroatoms. The maximum absolute atomic E-state index is 13.3. The van der Waals surface area contributed by atoms with Crippen LogP contribution in [-0.4, -0.2) is 38.4 Å². The van der Waals surface area contributed by atoms with E-state index in [0.717, 1.165) is 18.4 Å². The normalized spacial score (nSPS) is 17.0. The molecule has 0 saturated carbocycles. The lowest BCUT2D eigenvalue weighted by atomic mass is 9.98. The van der Waals surface area contributed by atoms with Gasteiger partial charge in [-0.05, 0) is 61.8 Å². The summed E-state index contributed by atoms with van der Waals surface area (Å²) in [6.07, 6.45) is 7.46. The molecule has 5 nitrogen and oxygen atoms in total. The molecule has 1 heterocycles. The predicted molar refractivity (Wildman–Crippen MR) is 133 cm³/mol. The average Bonchev–Trinajstić information content (AvgIpc) is 2.75. The van der Waals surface area contributed by atoms with Crippen LogP contribution in [0.1, 0.15) is 45.1 Å². The second-order valence-corrected chi connectivity index (χ2v) is 10.8. The third-order valence-corrected chi connectivity index (χ3v) is 7.81. The Morgan fingerprint density at radius 2 is 1.97 bits per heavy atom. The van der Waals surface area contributed by atoms with Crippen LogP contribution in [0.25, 0.3) is 0 Å². The molecule has 1 N–H and O–H groups in total. The van der Waals surface area contributed by atoms with Crippen LogP contribution in [0, 0.1) is 5.92 Å². The Labute approximate surface area is 202 Å². The Morgan fingerprint density at radius 3 is 2.56 bits per heavy atom. The highest BCUT2D eigenvalue weighted by molar-refractivity contribution is 7.93. The van der Waals surface area contributed by atoms with Crippen molar-refractivity contribution in [2.45, 2.75) is 52.0 Å². The van der Waals surface area contributed by atoms with Crippen molar-refractivity contribution in [3.63, 3.8) is 0 Å². The number of piperidine rings is 1. The molecule has 1 fully saturated rings. The molecule has 1 aliphatic heterocycles. The van der Waals surface area contributed by atoms with Crippen molar-refractivity contribution in [1.82, 2.24) is 9.62 Å². The van der Waals surface area contributed by atoms with E-state index in [1.54, 1.807) is 24.0 Å². The number of likely N-dealkylation sites (tertiary alicyclic amines) is 1. The van der Waals surface area contributed by atoms with Crippen molar-refractivity contribution in [2.75, 3.05) is 13.1 Å². The Kier molecular flexibility index (Phi) is 10.5. The summed E-state index contributed by atoms with van der Waals surface area (Å²) in [6.45, 7) is 8.75. The van der Waals surface area contributed by atoms with E-state index in [1.165, 1.54) is 12.2 Å². The summed E-state index contributed by atoms with van der Waals surface area (Å²) in [5.74, 6) is 0.378. The van der Waals surface area contributed by atoms with Crippen molar-refractivity contribution < 1.29 is 13.2 Å². The minimum Gasteiger partial charge on any atom is -0.341 e. The van der Waals surface area contributed by atoms with E-state index in [-0.39, 0.29) is 17.2 Å². The number of benzene rings is 1. The molecule has 32 heavy (non-hydrogen) atoms. The fraction of sp³-hybridized carbons (Fsp3) is 0.458. The number of halogens is 2. The number of nitrogens with one attached hydrogen (secondary N) is 1. The molecule has 1 amide bonds. The predicted octanol–water partition coefficient (Wildman–Crippen LogP) is 5.42. The smallest absolute Gasteiger partial charge is 0.240 e. The van der Waals surface area contributed by atoms with E-state index < -0.39 is 16.1 Å². The van der Waals surface area contributed by atoms with Gasteiger partial charge in [-0.25, -0.2) is 8.42 Å². The molecule has 1 aromatic carbocycles. The van der Waals surface area contributed by atoms with E-state index in [2.05, 4.69) is 18.2 Å². The van der Waals surface area contributed by atoms with Gasteiger partial charge in [0, 0.05) is 23.1 Å². The molecule has 0 spiro atoms. The summed E-state index contributed by atoms with van der Waals surface area (Å²) in [6, 6.07) is 6.53. The highest BCUT2D eigenvalue weighted by Crippen LogP contribution is 2.21. The standard InChI is InChI=1S/C24H32Cl2N2O3S/c1-4-21(10-7-8-19(3)25)32(30,31)27-23(13-12-20-9-5-6-11-22(20)26)24(29)28-16-14-18(2)15-17-28/h5-11,18,23,27H,3-4,12-17H2,1-2H3/b8-7-,21-10+. The molecule has 0 radical (unpaired) electrons. The van der Waals surface area contributed by atoms with Gasteiger partial charge in [0.25, 0.3) is 0 Å². The van der Waals surface area contributed by atoms with Gasteiger partial charge in [-0.3, -0.25) is 4.79 Å². The van der Waals surface area contributed by atoms with Gasteiger partial charge in [0.05, 0.1) is 4.91 Å². The Balaban J connectivity index is 2.24. The molecule has 1 saturated heterocycles. The third kappa shape index (κ3) is 8.07. The zero-order valence-electron chi connectivity index (χ0n) is 18.7. The number of hydrogen-bond acceptors (Lipinski definition) is 3. The summed E-state index contributed by atoms with van der Waals surface area (Å²) in [5.41, 5.74) is 0.883. The maximum atomic E-state index is 13.3. The molecule has 1 aliphatic rings. The topological polar surface area (TPSA) is 66.5 Å². The van der Waals surface area contributed by atoms with Gasteiger partial charge in [-0.2, -0.15) is 4.72 Å². The Hall–Kier alpha value is -1.60. The first kappa shape index (κ1) is 26.7. The van der Waals surface area contributed by atoms with Crippen molar-refractivity contribution in [1.29, 1.82) is 0 Å². The van der Waals surface area contributed by atoms with Gasteiger partial charge in [0.15, 0.2) is 0 Å². The molecule has 0 aliphatic carbocycles. The first-order valence-corrected chi connectivity index (χ1v) is 13.1. The number of carbonyl (C=O) groups excluding carboxylic acids is 1. The monoisotopic (exact) mass is 498 g/mol. The lowest BCUT2D eigenvalue weighted by Crippen LogP contribution is -2.50. The van der Waals surface area contributed by atoms with Crippen molar-refractivity contribution in [2.24, 2.45) is 5.92 Å². The molecule has 1 aromatic rings. The van der Waals surface area contributed by atoms with Crippen molar-refractivity contribution >= 4 is 39.1 Å². The lowest BCUT2D eigenvalue weighted by molar-refractivity contribution is -0.134. The van der Waals surface area contributed by atoms with Gasteiger partial charge >= 0.3 is 0 Å². The van der Waals surface area contributed by atoms with Crippen LogP contribution in [0.4, 0.5) is 0 Å². The molecule has 2 rings (SSSR count). The molecule has 0 aromatic heterocycles. The lowest BCUT2D eigenvalue weighted by Gasteiger charge is -2.33. The van der Waals surface area contributed by atoms with Crippen LogP contribution in [0.5, 0.6) is 0 Å². The number of aryl methyl sites for hydroxylation is 1. The molecule has 176 valence electrons. The third-order valence-electron chi connectivity index (χ3n) is 5.60. The summed E-state index contributed by atoms with van der Waals surface area (Å²) in [7, 11) is -3.87. The fourth-order valence-corrected chi connectivity index (χ4v) is 5.29. The van der Waals surface area contributed by atoms with Gasteiger partial charge in [0.2, 0.25) is 15.9 Å². The van der Waals surface area contributed by atoms with Gasteiger partial charge < -0.3 is 4.90 Å². The van der Waals surface area contributed by atoms with Crippen LogP contribution in [0.15, 0.2) is 59.0 Å². The summed E-state index contributed by atoms with van der Waals surface area (Å²) in [4.78, 5) is 15.3. The number of amides is 1. The number of carbonyl (C=O) groups is 1. The first-order valence-electron chi connectivity index (χ1n) is 10.9. The number of allylic oxidation sites excluding steroid dienone is 5. The number of hydrogen-bond donors (Lipinski definition) is 1. The van der Waals surface area contributed by atoms with Crippen LogP contribution >= 0.6 is 23.2 Å². The van der Waals surface area contributed by atoms with Gasteiger partial charge in [-0.1, -0.05) is 67.9 Å². The first-order chi connectivity index (χ1) is 15.1. The Morgan fingerprint density at radius 1 is 1.31 bits per heavy atom. The fourth-order valence-electron chi connectivity index (χ4n) is 3.60. The summed E-state index contributed by atoms with van der Waals surface area (Å²) < 4.78 is 28.9. The number of rotatable bonds is 10. The van der Waals surface area contributed by atoms with Crippen LogP contribution in [0.3, 0.4) is 0 Å². The van der Waals surface area contributed by atoms with Crippen LogP contribution < -0.4 is 4.72 Å². The van der Waals surface area contributed by atoms with Crippen LogP contribution in [-0.2, 0) is 21.2 Å². The second-order valence-electron chi connectivity index (χ2n) is 8.10. The summed E-state index contributed by atoms with van der Waals surface area (Å²) >= 11 is 12.0. The highest BCUT2D eigenvalue weighted by atomic mass is 35.5. The molecule has 0 bridgehead atoms. The van der Waals surface area contributed by atoms with E-state index in [9.17, 15) is 13.2 Å². The minimum absolute atomic E-state index is 0.175. The SMILES string of the molecule is C=C(Cl)/C=C\C=C(/CC)S(=O)(=O)NC(CCc1ccccc1Cl)C(=O)N1CCC(C)CC1. The van der Waals surface area contributed by atoms with Crippen molar-refractivity contribution in [3.05, 3.63) is 69.6 Å². The molecular formula is C24H32Cl2N2O3S. The number of sulfonamides is 1. The quantitative estimate of drug-likeness (QED) is 0.437. The molecule has 1 unspecified atom stereocenters. The minimum atomic E-state index is -3.87. The van der Waals surface area contributed by atoms with Gasteiger partial charge in [0.1, 0.15) is 6.04 Å². The second kappa shape index (κ2) is 12.6. The zero-order chi connectivity index (χ0) is 23.7. The maximum Gasteiger partial charge on any atom is 0.240 e. The average molecular weight is 500 g/mol. The zero-order valence-corrected chi connectivity index (χ0v) is 21.0. The van der Waals surface area contributed by atoms with E-state index in [0.29, 0.717) is 41.9 Å². The highest BCUT2D eigenvalue weighted by Gasteiger charge is 2.31. The van der Waals surface area contributed by atoms with E-state index in [4.69, 9.17) is 23.2 Å². The van der Waals surface area contributed by atoms with Gasteiger partial charge in [-0.15, -0.1) is 0 Å². The Bertz CT molecular complexity index is 965. The largest absolute Gasteiger partial charge is 0.341 e. The number of nitrogens with zero attached hydrogens (tertiary/aromatic N) is 1. The summed E-state index contributed by atoms with van der Waals surface area (Å²) in [5, 5.41) is 0.906. The molecule has 1 atom stereocenters.